The van der Waals surface area contributed by atoms with Crippen LogP contribution in [0.15, 0.2) is 77.7 Å². The fourth-order valence-electron chi connectivity index (χ4n) is 4.03. The van der Waals surface area contributed by atoms with Crippen LogP contribution in [0, 0.1) is 13.8 Å². The minimum absolute atomic E-state index is 0.0752. The van der Waals surface area contributed by atoms with E-state index in [0.717, 1.165) is 27.4 Å². The van der Waals surface area contributed by atoms with E-state index in [0.29, 0.717) is 10.7 Å². The molecule has 208 valence electrons. The van der Waals surface area contributed by atoms with Gasteiger partial charge in [0, 0.05) is 17.6 Å². The molecule has 3 rings (SSSR count). The summed E-state index contributed by atoms with van der Waals surface area (Å²) in [5, 5.41) is 3.42. The van der Waals surface area contributed by atoms with Gasteiger partial charge in [0.25, 0.3) is 10.0 Å². The number of hydrogen-bond donors (Lipinski definition) is 1. The topological polar surface area (TPSA) is 86.8 Å². The van der Waals surface area contributed by atoms with Gasteiger partial charge in [0.2, 0.25) is 11.8 Å². The molecule has 39 heavy (non-hydrogen) atoms. The highest BCUT2D eigenvalue weighted by Gasteiger charge is 2.32. The summed E-state index contributed by atoms with van der Waals surface area (Å²) < 4.78 is 28.8. The van der Waals surface area contributed by atoms with E-state index in [4.69, 9.17) is 11.6 Å². The summed E-state index contributed by atoms with van der Waals surface area (Å²) in [4.78, 5) is 28.5. The van der Waals surface area contributed by atoms with E-state index in [-0.39, 0.29) is 23.4 Å². The second-order valence-electron chi connectivity index (χ2n) is 9.81. The van der Waals surface area contributed by atoms with Crippen molar-refractivity contribution in [3.63, 3.8) is 0 Å². The number of carbonyl (C=O) groups excluding carboxylic acids is 2. The second kappa shape index (κ2) is 13.1. The fourth-order valence-corrected chi connectivity index (χ4v) is 5.65. The molecule has 1 N–H and O–H groups in total. The lowest BCUT2D eigenvalue weighted by molar-refractivity contribution is -0.139. The van der Waals surface area contributed by atoms with Crippen molar-refractivity contribution in [2.24, 2.45) is 0 Å². The Hall–Kier alpha value is -3.36. The SMILES string of the molecule is CC[C@H](C)NC(=O)[C@H](C)N(Cc1cccc(Cl)c1)C(=O)CN(c1cccc(C)c1)S(=O)(=O)c1ccc(C)cc1. The van der Waals surface area contributed by atoms with Crippen molar-refractivity contribution < 1.29 is 18.0 Å². The van der Waals surface area contributed by atoms with Crippen molar-refractivity contribution in [1.82, 2.24) is 10.2 Å². The Morgan fingerprint density at radius 2 is 1.59 bits per heavy atom. The maximum atomic E-state index is 13.9. The first-order valence-corrected chi connectivity index (χ1v) is 14.7. The van der Waals surface area contributed by atoms with Gasteiger partial charge in [-0.25, -0.2) is 8.42 Å². The number of nitrogens with one attached hydrogen (secondary N) is 1. The Bertz CT molecular complexity index is 1410. The van der Waals surface area contributed by atoms with Gasteiger partial charge in [-0.1, -0.05) is 60.5 Å². The van der Waals surface area contributed by atoms with Crippen molar-refractivity contribution in [3.8, 4) is 0 Å². The van der Waals surface area contributed by atoms with Crippen LogP contribution in [-0.2, 0) is 26.2 Å². The molecule has 0 aromatic heterocycles. The lowest BCUT2D eigenvalue weighted by atomic mass is 10.1. The zero-order chi connectivity index (χ0) is 28.7. The van der Waals surface area contributed by atoms with Crippen molar-refractivity contribution in [2.45, 2.75) is 64.6 Å². The molecule has 0 aliphatic carbocycles. The largest absolute Gasteiger partial charge is 0.352 e. The first kappa shape index (κ1) is 30.2. The van der Waals surface area contributed by atoms with Crippen LogP contribution in [0.3, 0.4) is 0 Å². The number of amides is 2. The number of hydrogen-bond acceptors (Lipinski definition) is 4. The van der Waals surface area contributed by atoms with E-state index in [1.807, 2.05) is 39.8 Å². The number of rotatable bonds is 11. The molecule has 3 aromatic carbocycles. The maximum Gasteiger partial charge on any atom is 0.264 e. The molecule has 2 atom stereocenters. The highest BCUT2D eigenvalue weighted by Crippen LogP contribution is 2.26. The molecule has 0 radical (unpaired) electrons. The van der Waals surface area contributed by atoms with Crippen LogP contribution in [0.1, 0.15) is 43.9 Å². The van der Waals surface area contributed by atoms with E-state index in [1.54, 1.807) is 55.5 Å². The van der Waals surface area contributed by atoms with Crippen molar-refractivity contribution in [1.29, 1.82) is 0 Å². The molecule has 0 spiro atoms. The Morgan fingerprint density at radius 3 is 2.21 bits per heavy atom. The van der Waals surface area contributed by atoms with Gasteiger partial charge >= 0.3 is 0 Å². The van der Waals surface area contributed by atoms with Gasteiger partial charge in [-0.15, -0.1) is 0 Å². The van der Waals surface area contributed by atoms with Gasteiger partial charge in [-0.05, 0) is 81.6 Å². The number of anilines is 1. The monoisotopic (exact) mass is 569 g/mol. The molecule has 0 heterocycles. The third-order valence-corrected chi connectivity index (χ3v) is 8.61. The minimum Gasteiger partial charge on any atom is -0.352 e. The number of benzene rings is 3. The van der Waals surface area contributed by atoms with E-state index < -0.39 is 28.5 Å². The predicted octanol–water partition coefficient (Wildman–Crippen LogP) is 5.48. The molecule has 0 saturated heterocycles. The first-order valence-electron chi connectivity index (χ1n) is 12.9. The third-order valence-electron chi connectivity index (χ3n) is 6.59. The van der Waals surface area contributed by atoms with E-state index in [2.05, 4.69) is 5.32 Å². The van der Waals surface area contributed by atoms with Crippen molar-refractivity contribution in [2.75, 3.05) is 10.8 Å². The van der Waals surface area contributed by atoms with Crippen molar-refractivity contribution >= 4 is 39.1 Å². The van der Waals surface area contributed by atoms with E-state index in [9.17, 15) is 18.0 Å². The van der Waals surface area contributed by atoms with Gasteiger partial charge < -0.3 is 10.2 Å². The molecule has 0 saturated carbocycles. The van der Waals surface area contributed by atoms with Crippen LogP contribution >= 0.6 is 11.6 Å². The Labute approximate surface area is 236 Å². The highest BCUT2D eigenvalue weighted by atomic mass is 35.5. The van der Waals surface area contributed by atoms with E-state index >= 15 is 0 Å². The molecule has 3 aromatic rings. The number of aryl methyl sites for hydroxylation is 2. The molecular formula is C30H36ClN3O4S. The zero-order valence-electron chi connectivity index (χ0n) is 23.0. The van der Waals surface area contributed by atoms with Crippen LogP contribution in [0.4, 0.5) is 5.69 Å². The molecular weight excluding hydrogens is 534 g/mol. The lowest BCUT2D eigenvalue weighted by Gasteiger charge is -2.32. The first-order chi connectivity index (χ1) is 18.4. The normalized spacial score (nSPS) is 12.9. The van der Waals surface area contributed by atoms with E-state index in [1.165, 1.54) is 17.0 Å². The minimum atomic E-state index is -4.10. The summed E-state index contributed by atoms with van der Waals surface area (Å²) in [6, 6.07) is 19.6. The summed E-state index contributed by atoms with van der Waals surface area (Å²) in [5.41, 5.74) is 2.85. The smallest absolute Gasteiger partial charge is 0.264 e. The molecule has 0 fully saturated rings. The lowest BCUT2D eigenvalue weighted by Crippen LogP contribution is -2.52. The van der Waals surface area contributed by atoms with Gasteiger partial charge in [0.1, 0.15) is 12.6 Å². The summed E-state index contributed by atoms with van der Waals surface area (Å²) in [5.74, 6) is -0.831. The van der Waals surface area contributed by atoms with Crippen LogP contribution < -0.4 is 9.62 Å². The van der Waals surface area contributed by atoms with Gasteiger partial charge in [0.15, 0.2) is 0 Å². The Balaban J connectivity index is 2.03. The van der Waals surface area contributed by atoms with Gasteiger partial charge in [-0.2, -0.15) is 0 Å². The number of halogens is 1. The highest BCUT2D eigenvalue weighted by molar-refractivity contribution is 7.92. The third kappa shape index (κ3) is 7.83. The number of sulfonamides is 1. The predicted molar refractivity (Wildman–Crippen MR) is 156 cm³/mol. The molecule has 0 aliphatic rings. The van der Waals surface area contributed by atoms with Crippen molar-refractivity contribution in [3.05, 3.63) is 94.5 Å². The average molecular weight is 570 g/mol. The van der Waals surface area contributed by atoms with Gasteiger partial charge in [0.05, 0.1) is 10.6 Å². The summed E-state index contributed by atoms with van der Waals surface area (Å²) in [6.45, 7) is 8.82. The Morgan fingerprint density at radius 1 is 0.923 bits per heavy atom. The Kier molecular flexibility index (Phi) is 10.2. The summed E-state index contributed by atoms with van der Waals surface area (Å²) >= 11 is 6.19. The van der Waals surface area contributed by atoms with Crippen LogP contribution in [0.25, 0.3) is 0 Å². The maximum absolute atomic E-state index is 13.9. The van der Waals surface area contributed by atoms with Crippen LogP contribution in [0.2, 0.25) is 5.02 Å². The zero-order valence-corrected chi connectivity index (χ0v) is 24.6. The molecule has 0 aliphatic heterocycles. The number of carbonyl (C=O) groups is 2. The number of nitrogens with zero attached hydrogens (tertiary/aromatic N) is 2. The molecule has 2 amide bonds. The van der Waals surface area contributed by atoms with Crippen LogP contribution in [-0.4, -0.2) is 43.8 Å². The van der Waals surface area contributed by atoms with Crippen LogP contribution in [0.5, 0.6) is 0 Å². The average Bonchev–Trinajstić information content (AvgIpc) is 2.89. The van der Waals surface area contributed by atoms with Gasteiger partial charge in [-0.3, -0.25) is 13.9 Å². The molecule has 7 nitrogen and oxygen atoms in total. The summed E-state index contributed by atoms with van der Waals surface area (Å²) in [6.07, 6.45) is 0.733. The standard InChI is InChI=1S/C30H36ClN3O4S/c1-6-23(4)32-30(36)24(5)33(19-25-10-8-11-26(31)18-25)29(35)20-34(27-12-7-9-22(3)17-27)39(37,38)28-15-13-21(2)14-16-28/h7-18,23-24H,6,19-20H2,1-5H3,(H,32,36)/t23-,24-/m0/s1. The second-order valence-corrected chi connectivity index (χ2v) is 12.1. The molecule has 0 unspecified atom stereocenters. The fraction of sp³-hybridized carbons (Fsp3) is 0.333. The quantitative estimate of drug-likeness (QED) is 0.331. The molecule has 0 bridgehead atoms. The summed E-state index contributed by atoms with van der Waals surface area (Å²) in [7, 11) is -4.10. The molecule has 9 heteroatoms.